The van der Waals surface area contributed by atoms with E-state index in [0.717, 1.165) is 22.4 Å². The summed E-state index contributed by atoms with van der Waals surface area (Å²) in [6.45, 7) is -0.217. The number of carbonyl (C=O) groups is 2. The molecule has 0 saturated carbocycles. The molecule has 0 bridgehead atoms. The summed E-state index contributed by atoms with van der Waals surface area (Å²) in [4.78, 5) is 23.9. The molecule has 0 spiro atoms. The molecule has 8 heteroatoms. The minimum absolute atomic E-state index is 0.0417. The van der Waals surface area contributed by atoms with Gasteiger partial charge in [0.05, 0.1) is 7.11 Å². The fourth-order valence-corrected chi connectivity index (χ4v) is 2.91. The Morgan fingerprint density at radius 2 is 1.48 bits per heavy atom. The molecule has 0 fully saturated rings. The van der Waals surface area contributed by atoms with Gasteiger partial charge in [-0.05, 0) is 59.2 Å². The van der Waals surface area contributed by atoms with Crippen LogP contribution in [0.25, 0.3) is 17.2 Å². The van der Waals surface area contributed by atoms with E-state index in [4.69, 9.17) is 21.7 Å². The van der Waals surface area contributed by atoms with Crippen LogP contribution in [0.15, 0.2) is 84.9 Å². The van der Waals surface area contributed by atoms with Gasteiger partial charge < -0.3 is 9.47 Å². The molecule has 0 aromatic heterocycles. The SMILES string of the molecule is COc1ccc(C=CC(=O)NC(=S)NNC(=O)COc2ccc(-c3ccccc3)cc2)cc1. The van der Waals surface area contributed by atoms with Gasteiger partial charge in [0, 0.05) is 6.08 Å². The van der Waals surface area contributed by atoms with Crippen LogP contribution in [0.5, 0.6) is 11.5 Å². The molecular formula is C25H23N3O4S. The Morgan fingerprint density at radius 3 is 2.15 bits per heavy atom. The van der Waals surface area contributed by atoms with E-state index in [1.54, 1.807) is 37.5 Å². The summed E-state index contributed by atoms with van der Waals surface area (Å²) in [5, 5.41) is 2.40. The predicted molar refractivity (Wildman–Crippen MR) is 131 cm³/mol. The second kappa shape index (κ2) is 12.0. The largest absolute Gasteiger partial charge is 0.497 e. The van der Waals surface area contributed by atoms with E-state index < -0.39 is 11.8 Å². The summed E-state index contributed by atoms with van der Waals surface area (Å²) in [6, 6.07) is 24.6. The zero-order valence-electron chi connectivity index (χ0n) is 17.9. The predicted octanol–water partition coefficient (Wildman–Crippen LogP) is 3.48. The van der Waals surface area contributed by atoms with Crippen LogP contribution in [0.1, 0.15) is 5.56 Å². The third kappa shape index (κ3) is 7.79. The van der Waals surface area contributed by atoms with Crippen LogP contribution in [0, 0.1) is 0 Å². The van der Waals surface area contributed by atoms with E-state index >= 15 is 0 Å². The first kappa shape index (κ1) is 23.5. The highest BCUT2D eigenvalue weighted by atomic mass is 32.1. The number of amides is 2. The first-order chi connectivity index (χ1) is 16.0. The molecule has 3 aromatic carbocycles. The van der Waals surface area contributed by atoms with Crippen molar-refractivity contribution in [2.75, 3.05) is 13.7 Å². The number of benzene rings is 3. The van der Waals surface area contributed by atoms with Crippen molar-refractivity contribution in [3.63, 3.8) is 0 Å². The maximum absolute atomic E-state index is 12.0. The zero-order valence-corrected chi connectivity index (χ0v) is 18.7. The summed E-state index contributed by atoms with van der Waals surface area (Å²) < 4.78 is 10.6. The number of ether oxygens (including phenoxy) is 2. The van der Waals surface area contributed by atoms with Gasteiger partial charge in [0.15, 0.2) is 11.7 Å². The molecule has 2 amide bonds. The number of carbonyl (C=O) groups excluding carboxylic acids is 2. The second-order valence-corrected chi connectivity index (χ2v) is 7.19. The van der Waals surface area contributed by atoms with Gasteiger partial charge >= 0.3 is 0 Å². The Balaban J connectivity index is 1.37. The highest BCUT2D eigenvalue weighted by Crippen LogP contribution is 2.21. The number of rotatable bonds is 7. The summed E-state index contributed by atoms with van der Waals surface area (Å²) in [6.07, 6.45) is 2.96. The smallest absolute Gasteiger partial charge is 0.276 e. The van der Waals surface area contributed by atoms with Crippen LogP contribution in [0.4, 0.5) is 0 Å². The first-order valence-electron chi connectivity index (χ1n) is 10.0. The van der Waals surface area contributed by atoms with Gasteiger partial charge in [-0.1, -0.05) is 54.6 Å². The molecule has 0 unspecified atom stereocenters. The van der Waals surface area contributed by atoms with Crippen molar-refractivity contribution in [3.05, 3.63) is 90.5 Å². The van der Waals surface area contributed by atoms with E-state index in [9.17, 15) is 9.59 Å². The van der Waals surface area contributed by atoms with Gasteiger partial charge in [-0.25, -0.2) is 0 Å². The number of thiocarbonyl (C=S) groups is 1. The van der Waals surface area contributed by atoms with Crippen molar-refractivity contribution < 1.29 is 19.1 Å². The molecule has 0 saturated heterocycles. The average molecular weight is 462 g/mol. The molecule has 0 aliphatic rings. The third-order valence-electron chi connectivity index (χ3n) is 4.43. The first-order valence-corrected chi connectivity index (χ1v) is 10.4. The van der Waals surface area contributed by atoms with Gasteiger partial charge in [0.2, 0.25) is 5.91 Å². The quantitative estimate of drug-likeness (QED) is 0.284. The van der Waals surface area contributed by atoms with Crippen molar-refractivity contribution in [2.24, 2.45) is 0 Å². The monoisotopic (exact) mass is 461 g/mol. The molecule has 3 rings (SSSR count). The maximum Gasteiger partial charge on any atom is 0.276 e. The second-order valence-electron chi connectivity index (χ2n) is 6.78. The normalized spacial score (nSPS) is 10.3. The number of hydrogen-bond donors (Lipinski definition) is 3. The lowest BCUT2D eigenvalue weighted by Gasteiger charge is -2.11. The fourth-order valence-electron chi connectivity index (χ4n) is 2.76. The van der Waals surface area contributed by atoms with E-state index in [-0.39, 0.29) is 11.7 Å². The maximum atomic E-state index is 12.0. The van der Waals surface area contributed by atoms with Crippen LogP contribution in [-0.4, -0.2) is 30.6 Å². The zero-order chi connectivity index (χ0) is 23.5. The highest BCUT2D eigenvalue weighted by Gasteiger charge is 2.06. The molecule has 168 valence electrons. The number of nitrogens with one attached hydrogen (secondary N) is 3. The number of methoxy groups -OCH3 is 1. The van der Waals surface area contributed by atoms with Crippen molar-refractivity contribution in [1.29, 1.82) is 0 Å². The highest BCUT2D eigenvalue weighted by molar-refractivity contribution is 7.80. The van der Waals surface area contributed by atoms with Crippen molar-refractivity contribution in [2.45, 2.75) is 0 Å². The van der Waals surface area contributed by atoms with E-state index in [1.165, 1.54) is 6.08 Å². The minimum Gasteiger partial charge on any atom is -0.497 e. The summed E-state index contributed by atoms with van der Waals surface area (Å²) in [5.74, 6) is 0.398. The van der Waals surface area contributed by atoms with Crippen LogP contribution in [-0.2, 0) is 9.59 Å². The Kier molecular flexibility index (Phi) is 8.55. The summed E-state index contributed by atoms with van der Waals surface area (Å²) in [5.41, 5.74) is 7.81. The Morgan fingerprint density at radius 1 is 0.848 bits per heavy atom. The Hall–Kier alpha value is -4.17. The van der Waals surface area contributed by atoms with Gasteiger partial charge in [0.1, 0.15) is 11.5 Å². The third-order valence-corrected chi connectivity index (χ3v) is 4.63. The van der Waals surface area contributed by atoms with Gasteiger partial charge in [-0.3, -0.25) is 25.8 Å². The van der Waals surface area contributed by atoms with Gasteiger partial charge in [0.25, 0.3) is 5.91 Å². The van der Waals surface area contributed by atoms with Crippen molar-refractivity contribution >= 4 is 35.2 Å². The molecule has 3 aromatic rings. The molecule has 3 N–H and O–H groups in total. The van der Waals surface area contributed by atoms with E-state index in [0.29, 0.717) is 5.75 Å². The molecule has 0 heterocycles. The van der Waals surface area contributed by atoms with Crippen LogP contribution in [0.2, 0.25) is 0 Å². The van der Waals surface area contributed by atoms with Crippen LogP contribution >= 0.6 is 12.2 Å². The standard InChI is InChI=1S/C25H23N3O4S/c1-31-21-12-7-18(8-13-21)9-16-23(29)26-25(33)28-27-24(30)17-32-22-14-10-20(11-15-22)19-5-3-2-4-6-19/h2-16H,17H2,1H3,(H,27,30)(H2,26,28,29,33). The topological polar surface area (TPSA) is 88.7 Å². The van der Waals surface area contributed by atoms with Crippen molar-refractivity contribution in [3.8, 4) is 22.6 Å². The Bertz CT molecular complexity index is 1110. The fraction of sp³-hybridized carbons (Fsp3) is 0.0800. The van der Waals surface area contributed by atoms with E-state index in [2.05, 4.69) is 16.2 Å². The number of hydrazine groups is 1. The lowest BCUT2D eigenvalue weighted by atomic mass is 10.1. The van der Waals surface area contributed by atoms with Crippen LogP contribution in [0.3, 0.4) is 0 Å². The summed E-state index contributed by atoms with van der Waals surface area (Å²) in [7, 11) is 1.58. The molecule has 7 nitrogen and oxygen atoms in total. The van der Waals surface area contributed by atoms with Gasteiger partial charge in [-0.15, -0.1) is 0 Å². The Labute approximate surface area is 197 Å². The lowest BCUT2D eigenvalue weighted by molar-refractivity contribution is -0.123. The molecule has 0 aliphatic heterocycles. The van der Waals surface area contributed by atoms with E-state index in [1.807, 2.05) is 54.6 Å². The molecular weight excluding hydrogens is 438 g/mol. The molecule has 0 aliphatic carbocycles. The van der Waals surface area contributed by atoms with Crippen molar-refractivity contribution in [1.82, 2.24) is 16.2 Å². The van der Waals surface area contributed by atoms with Crippen LogP contribution < -0.4 is 25.6 Å². The number of hydrogen-bond acceptors (Lipinski definition) is 5. The average Bonchev–Trinajstić information content (AvgIpc) is 2.86. The molecule has 33 heavy (non-hydrogen) atoms. The summed E-state index contributed by atoms with van der Waals surface area (Å²) >= 11 is 5.00. The van der Waals surface area contributed by atoms with Gasteiger partial charge in [-0.2, -0.15) is 0 Å². The molecule has 0 atom stereocenters. The minimum atomic E-state index is -0.451. The molecule has 0 radical (unpaired) electrons. The lowest BCUT2D eigenvalue weighted by Crippen LogP contribution is -2.49.